The first-order valence-electron chi connectivity index (χ1n) is 7.70. The summed E-state index contributed by atoms with van der Waals surface area (Å²) >= 11 is 0. The Bertz CT molecular complexity index is 729. The molecule has 0 saturated heterocycles. The van der Waals surface area contributed by atoms with Crippen molar-refractivity contribution in [3.05, 3.63) is 58.7 Å². The molecule has 0 radical (unpaired) electrons. The summed E-state index contributed by atoms with van der Waals surface area (Å²) in [6.45, 7) is 2.18. The normalized spacial score (nSPS) is 22.2. The van der Waals surface area contributed by atoms with Gasteiger partial charge >= 0.3 is 8.53 Å². The van der Waals surface area contributed by atoms with E-state index in [1.54, 1.807) is 0 Å². The quantitative estimate of drug-likeness (QED) is 0.716. The van der Waals surface area contributed by atoms with Crippen molar-refractivity contribution < 1.29 is 9.05 Å². The summed E-state index contributed by atoms with van der Waals surface area (Å²) in [5, 5.41) is 0. The molecule has 4 heteroatoms. The minimum atomic E-state index is -1.13. The maximum atomic E-state index is 6.26. The first-order valence-corrected chi connectivity index (χ1v) is 8.83. The number of aryl methyl sites for hydroxylation is 2. The Balaban J connectivity index is 1.95. The molecule has 3 nitrogen and oxygen atoms in total. The maximum Gasteiger partial charge on any atom is 0.384 e. The first kappa shape index (κ1) is 14.0. The lowest BCUT2D eigenvalue weighted by Crippen LogP contribution is -2.17. The van der Waals surface area contributed by atoms with Gasteiger partial charge in [0, 0.05) is 17.0 Å². The zero-order valence-electron chi connectivity index (χ0n) is 13.2. The summed E-state index contributed by atoms with van der Waals surface area (Å²) < 4.78 is 14.5. The number of rotatable bonds is 1. The van der Waals surface area contributed by atoms with Gasteiger partial charge in [-0.3, -0.25) is 0 Å². The van der Waals surface area contributed by atoms with Gasteiger partial charge < -0.3 is 9.05 Å². The second-order valence-corrected chi connectivity index (χ2v) is 7.82. The van der Waals surface area contributed by atoms with Crippen LogP contribution >= 0.6 is 8.53 Å². The lowest BCUT2D eigenvalue weighted by Gasteiger charge is -2.30. The highest BCUT2D eigenvalue weighted by Crippen LogP contribution is 2.54. The molecule has 4 rings (SSSR count). The van der Waals surface area contributed by atoms with E-state index < -0.39 is 8.53 Å². The summed E-state index contributed by atoms with van der Waals surface area (Å²) in [4.78, 5) is 0. The number of hydrogen-bond donors (Lipinski definition) is 0. The Labute approximate surface area is 132 Å². The zero-order valence-corrected chi connectivity index (χ0v) is 14.1. The first-order chi connectivity index (χ1) is 10.6. The van der Waals surface area contributed by atoms with Crippen molar-refractivity contribution in [3.63, 3.8) is 0 Å². The summed E-state index contributed by atoms with van der Waals surface area (Å²) in [7, 11) is 2.88. The van der Waals surface area contributed by atoms with Gasteiger partial charge in [-0.25, -0.2) is 4.67 Å². The molecule has 0 amide bonds. The van der Waals surface area contributed by atoms with Crippen LogP contribution in [0.1, 0.15) is 34.6 Å². The highest BCUT2D eigenvalue weighted by atomic mass is 31.2. The molecule has 1 heterocycles. The SMILES string of the molecule is Cc1cccc2c1[C@@H]1CCc3cccc(c31)OP(N(C)C)O2. The predicted octanol–water partition coefficient (Wildman–Crippen LogP) is 4.63. The topological polar surface area (TPSA) is 21.7 Å². The number of hydrogen-bond acceptors (Lipinski definition) is 3. The van der Waals surface area contributed by atoms with Crippen LogP contribution in [0.5, 0.6) is 11.5 Å². The molecule has 1 unspecified atom stereocenters. The minimum Gasteiger partial charge on any atom is -0.427 e. The van der Waals surface area contributed by atoms with Gasteiger partial charge in [-0.05, 0) is 57.1 Å². The average molecular weight is 313 g/mol. The third-order valence-electron chi connectivity index (χ3n) is 4.52. The summed E-state index contributed by atoms with van der Waals surface area (Å²) in [5.41, 5.74) is 5.44. The van der Waals surface area contributed by atoms with Gasteiger partial charge in [0.05, 0.1) is 0 Å². The molecule has 0 N–H and O–H groups in total. The standard InChI is InChI=1S/C18H20NO2P/c1-12-6-4-8-15-17(12)14-11-10-13-7-5-9-16(18(13)14)21-22(20-15)19(2)3/h4-9,14H,10-11H2,1-3H3/t14-,22?/m0/s1. The van der Waals surface area contributed by atoms with E-state index in [2.05, 4.69) is 43.3 Å². The van der Waals surface area contributed by atoms with Crippen molar-refractivity contribution in [2.24, 2.45) is 0 Å². The van der Waals surface area contributed by atoms with Crippen LogP contribution in [0.15, 0.2) is 36.4 Å². The Morgan fingerprint density at radius 3 is 2.41 bits per heavy atom. The molecule has 2 aromatic rings. The van der Waals surface area contributed by atoms with Crippen LogP contribution in [0.2, 0.25) is 0 Å². The van der Waals surface area contributed by atoms with Gasteiger partial charge in [-0.15, -0.1) is 0 Å². The van der Waals surface area contributed by atoms with Crippen LogP contribution < -0.4 is 9.05 Å². The number of fused-ring (bicyclic) bond motifs is 2. The van der Waals surface area contributed by atoms with Crippen molar-refractivity contribution in [1.82, 2.24) is 4.67 Å². The number of nitrogens with zero attached hydrogens (tertiary/aromatic N) is 1. The maximum absolute atomic E-state index is 6.26. The molecular formula is C18H20NO2P. The predicted molar refractivity (Wildman–Crippen MR) is 89.6 cm³/mol. The van der Waals surface area contributed by atoms with E-state index in [9.17, 15) is 0 Å². The van der Waals surface area contributed by atoms with Crippen LogP contribution in [-0.4, -0.2) is 18.8 Å². The average Bonchev–Trinajstić information content (AvgIpc) is 2.89. The van der Waals surface area contributed by atoms with Gasteiger partial charge in [0.25, 0.3) is 0 Å². The molecule has 0 aromatic heterocycles. The van der Waals surface area contributed by atoms with E-state index in [1.165, 1.54) is 22.3 Å². The molecule has 2 atom stereocenters. The summed E-state index contributed by atoms with van der Waals surface area (Å²) in [6, 6.07) is 12.8. The molecule has 22 heavy (non-hydrogen) atoms. The third kappa shape index (κ3) is 2.12. The fraction of sp³-hybridized carbons (Fsp3) is 0.333. The van der Waals surface area contributed by atoms with Gasteiger partial charge in [-0.2, -0.15) is 0 Å². The van der Waals surface area contributed by atoms with Crippen LogP contribution in [0.4, 0.5) is 0 Å². The van der Waals surface area contributed by atoms with Crippen LogP contribution in [-0.2, 0) is 6.42 Å². The van der Waals surface area contributed by atoms with E-state index >= 15 is 0 Å². The van der Waals surface area contributed by atoms with Crippen molar-refractivity contribution in [2.75, 3.05) is 14.1 Å². The molecule has 0 fully saturated rings. The zero-order chi connectivity index (χ0) is 15.3. The highest BCUT2D eigenvalue weighted by molar-refractivity contribution is 7.45. The van der Waals surface area contributed by atoms with E-state index in [4.69, 9.17) is 9.05 Å². The second kappa shape index (κ2) is 5.26. The lowest BCUT2D eigenvalue weighted by atomic mass is 9.88. The molecule has 2 aromatic carbocycles. The Morgan fingerprint density at radius 1 is 1.00 bits per heavy atom. The van der Waals surface area contributed by atoms with Gasteiger partial charge in [0.2, 0.25) is 0 Å². The van der Waals surface area contributed by atoms with Gasteiger partial charge in [-0.1, -0.05) is 24.3 Å². The van der Waals surface area contributed by atoms with Crippen molar-refractivity contribution in [1.29, 1.82) is 0 Å². The molecular weight excluding hydrogens is 293 g/mol. The van der Waals surface area contributed by atoms with Crippen molar-refractivity contribution in [2.45, 2.75) is 25.7 Å². The fourth-order valence-electron chi connectivity index (χ4n) is 3.55. The van der Waals surface area contributed by atoms with Crippen molar-refractivity contribution in [3.8, 4) is 11.5 Å². The van der Waals surface area contributed by atoms with Crippen LogP contribution in [0.3, 0.4) is 0 Å². The monoisotopic (exact) mass is 313 g/mol. The molecule has 1 aliphatic heterocycles. The molecule has 0 saturated carbocycles. The molecule has 0 bridgehead atoms. The van der Waals surface area contributed by atoms with Gasteiger partial charge in [0.15, 0.2) is 0 Å². The Kier molecular flexibility index (Phi) is 3.36. The van der Waals surface area contributed by atoms with Crippen LogP contribution in [0, 0.1) is 6.92 Å². The van der Waals surface area contributed by atoms with Crippen LogP contribution in [0.25, 0.3) is 0 Å². The number of benzene rings is 2. The highest BCUT2D eigenvalue weighted by Gasteiger charge is 2.35. The second-order valence-electron chi connectivity index (χ2n) is 6.17. The Morgan fingerprint density at radius 2 is 1.68 bits per heavy atom. The van der Waals surface area contributed by atoms with E-state index in [1.807, 2.05) is 18.8 Å². The third-order valence-corrected chi connectivity index (χ3v) is 5.88. The molecule has 2 aliphatic rings. The summed E-state index contributed by atoms with van der Waals surface area (Å²) in [6.07, 6.45) is 2.25. The minimum absolute atomic E-state index is 0.390. The molecule has 1 aliphatic carbocycles. The van der Waals surface area contributed by atoms with Crippen molar-refractivity contribution >= 4 is 8.53 Å². The lowest BCUT2D eigenvalue weighted by molar-refractivity contribution is 0.407. The Hall–Kier alpha value is -1.57. The molecule has 0 spiro atoms. The van der Waals surface area contributed by atoms with E-state index in [0.717, 1.165) is 24.3 Å². The van der Waals surface area contributed by atoms with Gasteiger partial charge in [0.1, 0.15) is 11.5 Å². The smallest absolute Gasteiger partial charge is 0.384 e. The largest absolute Gasteiger partial charge is 0.427 e. The van der Waals surface area contributed by atoms with E-state index in [0.29, 0.717) is 5.92 Å². The fourth-order valence-corrected chi connectivity index (χ4v) is 4.56. The molecule has 114 valence electrons. The summed E-state index contributed by atoms with van der Waals surface area (Å²) in [5.74, 6) is 2.36. The van der Waals surface area contributed by atoms with E-state index in [-0.39, 0.29) is 0 Å².